The van der Waals surface area contributed by atoms with Crippen LogP contribution in [0, 0.1) is 0 Å². The van der Waals surface area contributed by atoms with Crippen LogP contribution in [0.15, 0.2) is 35.7 Å². The van der Waals surface area contributed by atoms with Gasteiger partial charge in [0.15, 0.2) is 6.10 Å². The number of hydrogen-bond donors (Lipinski definition) is 2. The Hall–Kier alpha value is -1.86. The molecule has 2 rings (SSSR count). The first kappa shape index (κ1) is 13.6. The van der Waals surface area contributed by atoms with Crippen LogP contribution in [0.4, 0.5) is 5.69 Å². The summed E-state index contributed by atoms with van der Waals surface area (Å²) in [5.74, 6) is 0.149. The highest BCUT2D eigenvalue weighted by Gasteiger charge is 2.25. The molecule has 0 radical (unpaired) electrons. The number of nitrogens with one attached hydrogen (secondary N) is 2. The molecule has 2 N–H and O–H groups in total. The molecule has 0 aliphatic carbocycles. The molecule has 1 aliphatic rings. The fraction of sp³-hybridized carbons (Fsp3) is 0.250. The van der Waals surface area contributed by atoms with Crippen molar-refractivity contribution in [2.24, 2.45) is 0 Å². The quantitative estimate of drug-likeness (QED) is 0.803. The molecule has 0 fully saturated rings. The van der Waals surface area contributed by atoms with E-state index in [0.29, 0.717) is 11.4 Å². The van der Waals surface area contributed by atoms with Gasteiger partial charge >= 0.3 is 0 Å². The Morgan fingerprint density at radius 3 is 2.95 bits per heavy atom. The second kappa shape index (κ2) is 5.02. The van der Waals surface area contributed by atoms with Gasteiger partial charge in [-0.15, -0.1) is 6.58 Å². The van der Waals surface area contributed by atoms with Gasteiger partial charge in [0.05, 0.1) is 10.6 Å². The molecule has 0 bridgehead atoms. The lowest BCUT2D eigenvalue weighted by molar-refractivity contribution is -0.122. The topological polar surface area (TPSA) is 84.5 Å². The summed E-state index contributed by atoms with van der Waals surface area (Å²) in [6, 6.07) is 4.31. The van der Waals surface area contributed by atoms with Crippen LogP contribution in [0.1, 0.15) is 6.92 Å². The lowest BCUT2D eigenvalue weighted by Crippen LogP contribution is -2.34. The standard InChI is InChI=1S/C12H14N2O4S/c1-3-6-13-19(16,17)9-4-5-11-10(7-9)14-12(15)8(2)18-11/h3-5,7-8,13H,1,6H2,2H3,(H,14,15)/t8-/m0/s1. The van der Waals surface area contributed by atoms with E-state index in [1.807, 2.05) is 0 Å². The number of hydrogen-bond acceptors (Lipinski definition) is 4. The van der Waals surface area contributed by atoms with E-state index in [0.717, 1.165) is 0 Å². The van der Waals surface area contributed by atoms with Crippen LogP contribution in [-0.4, -0.2) is 27.0 Å². The van der Waals surface area contributed by atoms with E-state index in [1.165, 1.54) is 24.3 Å². The monoisotopic (exact) mass is 282 g/mol. The first-order chi connectivity index (χ1) is 8.94. The molecule has 6 nitrogen and oxygen atoms in total. The Bertz CT molecular complexity index is 625. The van der Waals surface area contributed by atoms with Crippen LogP contribution in [0.25, 0.3) is 0 Å². The predicted molar refractivity (Wildman–Crippen MR) is 70.5 cm³/mol. The SMILES string of the molecule is C=CCNS(=O)(=O)c1ccc2c(c1)NC(=O)[C@H](C)O2. The smallest absolute Gasteiger partial charge is 0.265 e. The average molecular weight is 282 g/mol. The van der Waals surface area contributed by atoms with Gasteiger partial charge in [-0.25, -0.2) is 13.1 Å². The summed E-state index contributed by atoms with van der Waals surface area (Å²) in [6.07, 6.45) is 0.858. The van der Waals surface area contributed by atoms with Gasteiger partial charge in [-0.05, 0) is 25.1 Å². The molecule has 19 heavy (non-hydrogen) atoms. The first-order valence-electron chi connectivity index (χ1n) is 5.66. The molecule has 0 spiro atoms. The number of anilines is 1. The second-order valence-corrected chi connectivity index (χ2v) is 5.81. The zero-order valence-corrected chi connectivity index (χ0v) is 11.2. The Balaban J connectivity index is 2.34. The highest BCUT2D eigenvalue weighted by atomic mass is 32.2. The van der Waals surface area contributed by atoms with Crippen molar-refractivity contribution in [2.45, 2.75) is 17.9 Å². The number of fused-ring (bicyclic) bond motifs is 1. The maximum atomic E-state index is 11.9. The molecule has 0 unspecified atom stereocenters. The summed E-state index contributed by atoms with van der Waals surface area (Å²) in [5.41, 5.74) is 0.351. The number of amides is 1. The number of ether oxygens (including phenoxy) is 1. The second-order valence-electron chi connectivity index (χ2n) is 4.05. The lowest BCUT2D eigenvalue weighted by atomic mass is 10.2. The van der Waals surface area contributed by atoms with Gasteiger partial charge in [0.1, 0.15) is 5.75 Å². The fourth-order valence-electron chi connectivity index (χ4n) is 1.61. The van der Waals surface area contributed by atoms with Gasteiger partial charge in [-0.2, -0.15) is 0 Å². The summed E-state index contributed by atoms with van der Waals surface area (Å²) in [4.78, 5) is 11.5. The summed E-state index contributed by atoms with van der Waals surface area (Å²) in [6.45, 7) is 5.20. The first-order valence-corrected chi connectivity index (χ1v) is 7.14. The van der Waals surface area contributed by atoms with Crippen LogP contribution in [0.5, 0.6) is 5.75 Å². The number of carbonyl (C=O) groups is 1. The minimum atomic E-state index is -3.62. The molecule has 102 valence electrons. The normalized spacial score (nSPS) is 18.2. The molecule has 1 heterocycles. The zero-order chi connectivity index (χ0) is 14.0. The van der Waals surface area contributed by atoms with Crippen molar-refractivity contribution in [2.75, 3.05) is 11.9 Å². The van der Waals surface area contributed by atoms with Crippen molar-refractivity contribution in [3.8, 4) is 5.75 Å². The molecule has 1 atom stereocenters. The molecular formula is C12H14N2O4S. The van der Waals surface area contributed by atoms with Crippen molar-refractivity contribution in [1.29, 1.82) is 0 Å². The Morgan fingerprint density at radius 2 is 2.26 bits per heavy atom. The van der Waals surface area contributed by atoms with Crippen molar-refractivity contribution >= 4 is 21.6 Å². The molecule has 1 aromatic rings. The van der Waals surface area contributed by atoms with E-state index in [4.69, 9.17) is 4.74 Å². The highest BCUT2D eigenvalue weighted by Crippen LogP contribution is 2.31. The third-order valence-corrected chi connectivity index (χ3v) is 4.03. The van der Waals surface area contributed by atoms with Gasteiger partial charge in [0, 0.05) is 6.54 Å². The summed E-state index contributed by atoms with van der Waals surface area (Å²) in [7, 11) is -3.62. The Morgan fingerprint density at radius 1 is 1.53 bits per heavy atom. The third-order valence-electron chi connectivity index (χ3n) is 2.61. The van der Waals surface area contributed by atoms with E-state index in [1.54, 1.807) is 6.92 Å². The molecule has 7 heteroatoms. The summed E-state index contributed by atoms with van der Waals surface area (Å²) in [5, 5.41) is 2.60. The highest BCUT2D eigenvalue weighted by molar-refractivity contribution is 7.89. The van der Waals surface area contributed by atoms with Crippen LogP contribution in [-0.2, 0) is 14.8 Å². The minimum absolute atomic E-state index is 0.0616. The number of benzene rings is 1. The lowest BCUT2D eigenvalue weighted by Gasteiger charge is -2.23. The predicted octanol–water partition coefficient (Wildman–Crippen LogP) is 0.870. The van der Waals surface area contributed by atoms with E-state index in [2.05, 4.69) is 16.6 Å². The molecule has 0 saturated carbocycles. The average Bonchev–Trinajstić information content (AvgIpc) is 2.37. The van der Waals surface area contributed by atoms with Gasteiger partial charge in [0.2, 0.25) is 10.0 Å². The molecule has 1 amide bonds. The molecule has 0 saturated heterocycles. The Labute approximate surface area is 111 Å². The van der Waals surface area contributed by atoms with Gasteiger partial charge in [-0.1, -0.05) is 6.08 Å². The van der Waals surface area contributed by atoms with E-state index < -0.39 is 16.1 Å². The van der Waals surface area contributed by atoms with E-state index in [-0.39, 0.29) is 17.3 Å². The van der Waals surface area contributed by atoms with E-state index >= 15 is 0 Å². The van der Waals surface area contributed by atoms with Gasteiger partial charge in [0.25, 0.3) is 5.91 Å². The number of rotatable bonds is 4. The Kier molecular flexibility index (Phi) is 3.59. The molecule has 1 aliphatic heterocycles. The maximum absolute atomic E-state index is 11.9. The van der Waals surface area contributed by atoms with Crippen molar-refractivity contribution in [3.63, 3.8) is 0 Å². The number of carbonyl (C=O) groups excluding carboxylic acids is 1. The zero-order valence-electron chi connectivity index (χ0n) is 10.3. The molecule has 1 aromatic carbocycles. The van der Waals surface area contributed by atoms with Crippen molar-refractivity contribution in [1.82, 2.24) is 4.72 Å². The fourth-order valence-corrected chi connectivity index (χ4v) is 2.63. The van der Waals surface area contributed by atoms with Crippen molar-refractivity contribution in [3.05, 3.63) is 30.9 Å². The largest absolute Gasteiger partial charge is 0.479 e. The van der Waals surface area contributed by atoms with E-state index in [9.17, 15) is 13.2 Å². The van der Waals surface area contributed by atoms with Crippen molar-refractivity contribution < 1.29 is 17.9 Å². The molecular weight excluding hydrogens is 268 g/mol. The maximum Gasteiger partial charge on any atom is 0.265 e. The van der Waals surface area contributed by atoms with Gasteiger partial charge in [-0.3, -0.25) is 4.79 Å². The summed E-state index contributed by atoms with van der Waals surface area (Å²) >= 11 is 0. The van der Waals surface area contributed by atoms with Crippen LogP contribution in [0.2, 0.25) is 0 Å². The van der Waals surface area contributed by atoms with Gasteiger partial charge < -0.3 is 10.1 Å². The van der Waals surface area contributed by atoms with Crippen LogP contribution < -0.4 is 14.8 Å². The minimum Gasteiger partial charge on any atom is -0.479 e. The molecule has 0 aromatic heterocycles. The third kappa shape index (κ3) is 2.77. The van der Waals surface area contributed by atoms with Crippen LogP contribution >= 0.6 is 0 Å². The number of sulfonamides is 1. The summed E-state index contributed by atoms with van der Waals surface area (Å²) < 4.78 is 31.5. The van der Waals surface area contributed by atoms with Crippen LogP contribution in [0.3, 0.4) is 0 Å².